The summed E-state index contributed by atoms with van der Waals surface area (Å²) in [7, 11) is 0. The van der Waals surface area contributed by atoms with Gasteiger partial charge in [-0.2, -0.15) is 13.2 Å². The zero-order valence-corrected chi connectivity index (χ0v) is 12.8. The summed E-state index contributed by atoms with van der Waals surface area (Å²) in [5.41, 5.74) is -0.532. The van der Waals surface area contributed by atoms with Crippen molar-refractivity contribution in [2.45, 2.75) is 38.8 Å². The number of halogens is 3. The van der Waals surface area contributed by atoms with Crippen molar-refractivity contribution in [3.63, 3.8) is 0 Å². The van der Waals surface area contributed by atoms with Crippen LogP contribution in [-0.2, 0) is 28.7 Å². The Hall–Kier alpha value is -2.19. The van der Waals surface area contributed by atoms with E-state index >= 15 is 0 Å². The molecule has 0 N–H and O–H groups in total. The zero-order chi connectivity index (χ0) is 18.1. The van der Waals surface area contributed by atoms with Gasteiger partial charge < -0.3 is 9.47 Å². The van der Waals surface area contributed by atoms with Crippen LogP contribution < -0.4 is 0 Å². The van der Waals surface area contributed by atoms with Gasteiger partial charge in [0, 0.05) is 18.8 Å². The van der Waals surface area contributed by atoms with Crippen LogP contribution in [0.2, 0.25) is 0 Å². The fraction of sp³-hybridized carbons (Fsp3) is 0.600. The van der Waals surface area contributed by atoms with E-state index in [1.54, 1.807) is 6.92 Å². The highest BCUT2D eigenvalue weighted by Crippen LogP contribution is 2.41. The fourth-order valence-electron chi connectivity index (χ4n) is 2.42. The molecule has 24 heavy (non-hydrogen) atoms. The lowest BCUT2D eigenvalue weighted by atomic mass is 9.82. The lowest BCUT2D eigenvalue weighted by Gasteiger charge is -2.22. The third-order valence-corrected chi connectivity index (χ3v) is 3.67. The first-order valence-corrected chi connectivity index (χ1v) is 7.41. The molecule has 9 heteroatoms. The standard InChI is InChI=1S/C15H15F3O6/c1-2-23-13(21)8-5-9(19)11(10(20)6-8)12(7-3-4-7)24-14(22)15(16,17)18/h7-8H,2-6H2,1H3. The number of carbonyl (C=O) groups excluding carboxylic acids is 4. The number of carbonyl (C=O) groups is 4. The number of hydrogen-bond donors (Lipinski definition) is 0. The molecule has 0 aliphatic heterocycles. The molecule has 0 saturated heterocycles. The van der Waals surface area contributed by atoms with Gasteiger partial charge in [0.2, 0.25) is 0 Å². The van der Waals surface area contributed by atoms with E-state index in [-0.39, 0.29) is 19.4 Å². The van der Waals surface area contributed by atoms with Crippen molar-refractivity contribution >= 4 is 23.5 Å². The number of ether oxygens (including phenoxy) is 2. The zero-order valence-electron chi connectivity index (χ0n) is 12.8. The van der Waals surface area contributed by atoms with Gasteiger partial charge in [-0.05, 0) is 19.8 Å². The van der Waals surface area contributed by atoms with Crippen molar-refractivity contribution in [3.8, 4) is 0 Å². The van der Waals surface area contributed by atoms with Crippen LogP contribution in [0.5, 0.6) is 0 Å². The lowest BCUT2D eigenvalue weighted by molar-refractivity contribution is -0.195. The smallest absolute Gasteiger partial charge is 0.466 e. The minimum Gasteiger partial charge on any atom is -0.466 e. The van der Waals surface area contributed by atoms with Crippen molar-refractivity contribution in [3.05, 3.63) is 11.3 Å². The van der Waals surface area contributed by atoms with Crippen LogP contribution in [-0.4, -0.2) is 36.3 Å². The maximum Gasteiger partial charge on any atom is 0.491 e. The monoisotopic (exact) mass is 348 g/mol. The fourth-order valence-corrected chi connectivity index (χ4v) is 2.42. The maximum atomic E-state index is 12.4. The number of hydrogen-bond acceptors (Lipinski definition) is 6. The van der Waals surface area contributed by atoms with Gasteiger partial charge in [-0.25, -0.2) is 4.79 Å². The molecule has 2 rings (SSSR count). The van der Waals surface area contributed by atoms with Crippen LogP contribution in [0.15, 0.2) is 11.3 Å². The summed E-state index contributed by atoms with van der Waals surface area (Å²) >= 11 is 0. The Morgan fingerprint density at radius 1 is 1.08 bits per heavy atom. The molecular weight excluding hydrogens is 333 g/mol. The summed E-state index contributed by atoms with van der Waals surface area (Å²) in [6.07, 6.45) is -5.11. The summed E-state index contributed by atoms with van der Waals surface area (Å²) in [5.74, 6) is -6.83. The van der Waals surface area contributed by atoms with E-state index in [0.717, 1.165) is 0 Å². The molecule has 0 radical (unpaired) electrons. The topological polar surface area (TPSA) is 86.7 Å². The molecule has 0 unspecified atom stereocenters. The predicted octanol–water partition coefficient (Wildman–Crippen LogP) is 1.87. The average Bonchev–Trinajstić information content (AvgIpc) is 3.28. The van der Waals surface area contributed by atoms with Gasteiger partial charge in [0.1, 0.15) is 5.76 Å². The highest BCUT2D eigenvalue weighted by Gasteiger charge is 2.46. The Balaban J connectivity index is 2.25. The van der Waals surface area contributed by atoms with Crippen LogP contribution in [0.4, 0.5) is 13.2 Å². The number of alkyl halides is 3. The highest BCUT2D eigenvalue weighted by molar-refractivity contribution is 6.23. The third-order valence-electron chi connectivity index (χ3n) is 3.67. The second kappa shape index (κ2) is 6.74. The molecule has 0 amide bonds. The molecule has 2 fully saturated rings. The Bertz CT molecular complexity index is 595. The SMILES string of the molecule is CCOC(=O)C1CC(=O)C(=C(OC(=O)C(F)(F)F)C2CC2)C(=O)C1. The first-order chi connectivity index (χ1) is 11.1. The maximum absolute atomic E-state index is 12.4. The van der Waals surface area contributed by atoms with Gasteiger partial charge in [0.15, 0.2) is 11.6 Å². The Morgan fingerprint density at radius 3 is 2.04 bits per heavy atom. The molecule has 2 aliphatic rings. The van der Waals surface area contributed by atoms with E-state index in [0.29, 0.717) is 12.8 Å². The van der Waals surface area contributed by atoms with E-state index < -0.39 is 52.8 Å². The number of rotatable bonds is 4. The lowest BCUT2D eigenvalue weighted by Crippen LogP contribution is -2.34. The van der Waals surface area contributed by atoms with Gasteiger partial charge in [-0.3, -0.25) is 14.4 Å². The Labute approximate surface area is 135 Å². The normalized spacial score (nSPS) is 21.5. The van der Waals surface area contributed by atoms with E-state index in [1.165, 1.54) is 0 Å². The number of Topliss-reactive ketones (excluding diaryl/α,β-unsaturated/α-hetero) is 2. The number of ketones is 2. The van der Waals surface area contributed by atoms with E-state index in [9.17, 15) is 32.3 Å². The van der Waals surface area contributed by atoms with Gasteiger partial charge in [0.05, 0.1) is 18.1 Å². The molecule has 0 bridgehead atoms. The summed E-state index contributed by atoms with van der Waals surface area (Å²) in [4.78, 5) is 47.0. The van der Waals surface area contributed by atoms with Gasteiger partial charge >= 0.3 is 18.1 Å². The third kappa shape index (κ3) is 4.01. The summed E-state index contributed by atoms with van der Waals surface area (Å²) in [5, 5.41) is 0. The largest absolute Gasteiger partial charge is 0.491 e. The second-order valence-corrected chi connectivity index (χ2v) is 5.60. The first kappa shape index (κ1) is 18.2. The van der Waals surface area contributed by atoms with Crippen molar-refractivity contribution in [2.24, 2.45) is 11.8 Å². The summed E-state index contributed by atoms with van der Waals surface area (Å²) < 4.78 is 46.2. The van der Waals surface area contributed by atoms with Crippen LogP contribution in [0, 0.1) is 11.8 Å². The van der Waals surface area contributed by atoms with Gasteiger partial charge in [-0.1, -0.05) is 0 Å². The van der Waals surface area contributed by atoms with Crippen molar-refractivity contribution in [2.75, 3.05) is 6.61 Å². The average molecular weight is 348 g/mol. The van der Waals surface area contributed by atoms with E-state index in [1.807, 2.05) is 0 Å². The van der Waals surface area contributed by atoms with Crippen molar-refractivity contribution < 1.29 is 41.8 Å². The molecule has 2 saturated carbocycles. The van der Waals surface area contributed by atoms with E-state index in [2.05, 4.69) is 4.74 Å². The molecule has 0 atom stereocenters. The molecule has 0 aromatic rings. The van der Waals surface area contributed by atoms with Gasteiger partial charge in [0.25, 0.3) is 0 Å². The second-order valence-electron chi connectivity index (χ2n) is 5.60. The molecule has 2 aliphatic carbocycles. The summed E-state index contributed by atoms with van der Waals surface area (Å²) in [6.45, 7) is 1.65. The minimum atomic E-state index is -5.23. The number of esters is 2. The quantitative estimate of drug-likeness (QED) is 0.334. The Morgan fingerprint density at radius 2 is 1.62 bits per heavy atom. The highest BCUT2D eigenvalue weighted by atomic mass is 19.4. The van der Waals surface area contributed by atoms with Crippen LogP contribution in [0.25, 0.3) is 0 Å². The van der Waals surface area contributed by atoms with Crippen LogP contribution >= 0.6 is 0 Å². The first-order valence-electron chi connectivity index (χ1n) is 7.41. The molecule has 0 aromatic carbocycles. The molecule has 0 heterocycles. The molecule has 132 valence electrons. The van der Waals surface area contributed by atoms with Crippen LogP contribution in [0.3, 0.4) is 0 Å². The van der Waals surface area contributed by atoms with Crippen molar-refractivity contribution in [1.29, 1.82) is 0 Å². The van der Waals surface area contributed by atoms with Crippen LogP contribution in [0.1, 0.15) is 32.6 Å². The Kier molecular flexibility index (Phi) is 5.10. The predicted molar refractivity (Wildman–Crippen MR) is 71.3 cm³/mol. The molecule has 6 nitrogen and oxygen atoms in total. The minimum absolute atomic E-state index is 0.0803. The molecular formula is C15H15F3O6. The van der Waals surface area contributed by atoms with E-state index in [4.69, 9.17) is 4.74 Å². The number of allylic oxidation sites excluding steroid dienone is 2. The van der Waals surface area contributed by atoms with Crippen molar-refractivity contribution in [1.82, 2.24) is 0 Å². The van der Waals surface area contributed by atoms with Gasteiger partial charge in [-0.15, -0.1) is 0 Å². The molecule has 0 spiro atoms. The summed E-state index contributed by atoms with van der Waals surface area (Å²) in [6, 6.07) is 0. The molecule has 0 aromatic heterocycles.